The molecule has 0 aliphatic rings. The van der Waals surface area contributed by atoms with E-state index < -0.39 is 22.3 Å². The Bertz CT molecular complexity index is 180. The first-order chi connectivity index (χ1) is 6.02. The molecule has 2 atom stereocenters. The first-order valence-corrected chi connectivity index (χ1v) is 5.59. The van der Waals surface area contributed by atoms with Crippen LogP contribution in [0.1, 0.15) is 0 Å². The molecule has 4 nitrogen and oxygen atoms in total. The number of thiol groups is 2. The highest BCUT2D eigenvalue weighted by Crippen LogP contribution is 2.09. The standard InChI is InChI=1S/C6H12N2O2S3/c7-3(1-11)5(9)13-6(10)4(8)2-12/h3-4,11-12H,1-2,7-8H2. The molecule has 0 amide bonds. The molecule has 0 aliphatic heterocycles. The minimum Gasteiger partial charge on any atom is -0.320 e. The summed E-state index contributed by atoms with van der Waals surface area (Å²) in [6.45, 7) is 0. The third-order valence-electron chi connectivity index (χ3n) is 1.20. The van der Waals surface area contributed by atoms with E-state index in [-0.39, 0.29) is 11.5 Å². The molecule has 13 heavy (non-hydrogen) atoms. The molecule has 0 aromatic heterocycles. The van der Waals surface area contributed by atoms with Crippen molar-refractivity contribution in [2.45, 2.75) is 12.1 Å². The largest absolute Gasteiger partial charge is 0.320 e. The molecule has 0 fully saturated rings. The van der Waals surface area contributed by atoms with Gasteiger partial charge in [-0.05, 0) is 11.8 Å². The minimum absolute atomic E-state index is 0.217. The normalized spacial score (nSPS) is 15.1. The van der Waals surface area contributed by atoms with Crippen molar-refractivity contribution in [3.05, 3.63) is 0 Å². The maximum absolute atomic E-state index is 11.1. The molecule has 0 heterocycles. The zero-order valence-corrected chi connectivity index (χ0v) is 9.45. The van der Waals surface area contributed by atoms with E-state index in [4.69, 9.17) is 11.5 Å². The number of hydrogen-bond acceptors (Lipinski definition) is 7. The van der Waals surface area contributed by atoms with Crippen LogP contribution >= 0.6 is 37.0 Å². The van der Waals surface area contributed by atoms with Crippen LogP contribution in [0.25, 0.3) is 0 Å². The number of carbonyl (C=O) groups is 2. The lowest BCUT2D eigenvalue weighted by atomic mass is 10.4. The van der Waals surface area contributed by atoms with E-state index in [9.17, 15) is 9.59 Å². The second kappa shape index (κ2) is 6.72. The van der Waals surface area contributed by atoms with Crippen molar-refractivity contribution in [1.82, 2.24) is 0 Å². The molecule has 0 saturated carbocycles. The van der Waals surface area contributed by atoms with Crippen molar-refractivity contribution < 1.29 is 9.59 Å². The van der Waals surface area contributed by atoms with Crippen LogP contribution in [-0.4, -0.2) is 33.8 Å². The van der Waals surface area contributed by atoms with Gasteiger partial charge in [0.2, 0.25) is 10.2 Å². The van der Waals surface area contributed by atoms with E-state index in [1.807, 2.05) is 0 Å². The molecule has 2 unspecified atom stereocenters. The molecule has 0 aliphatic carbocycles. The molecule has 0 rings (SSSR count). The van der Waals surface area contributed by atoms with E-state index in [0.29, 0.717) is 11.8 Å². The third kappa shape index (κ3) is 4.92. The number of carbonyl (C=O) groups excluding carboxylic acids is 2. The second-order valence-electron chi connectivity index (χ2n) is 2.32. The molecule has 0 spiro atoms. The molecular formula is C6H12N2O2S3. The molecule has 76 valence electrons. The fourth-order valence-corrected chi connectivity index (χ4v) is 1.65. The predicted octanol–water partition coefficient (Wildman–Crippen LogP) is -0.713. The van der Waals surface area contributed by atoms with Gasteiger partial charge in [-0.3, -0.25) is 9.59 Å². The van der Waals surface area contributed by atoms with Crippen LogP contribution in [0.4, 0.5) is 0 Å². The summed E-state index contributed by atoms with van der Waals surface area (Å²) < 4.78 is 0. The van der Waals surface area contributed by atoms with Gasteiger partial charge in [0.05, 0.1) is 12.1 Å². The number of thioether (sulfide) groups is 1. The van der Waals surface area contributed by atoms with Crippen LogP contribution in [0.3, 0.4) is 0 Å². The highest BCUT2D eigenvalue weighted by Gasteiger charge is 2.20. The molecule has 0 aromatic rings. The molecule has 0 bridgehead atoms. The number of hydrogen-bond donors (Lipinski definition) is 4. The smallest absolute Gasteiger partial charge is 0.214 e. The third-order valence-corrected chi connectivity index (χ3v) is 2.99. The van der Waals surface area contributed by atoms with Gasteiger partial charge in [-0.25, -0.2) is 0 Å². The highest BCUT2D eigenvalue weighted by molar-refractivity contribution is 8.26. The van der Waals surface area contributed by atoms with Crippen LogP contribution in [0.5, 0.6) is 0 Å². The number of nitrogens with two attached hydrogens (primary N) is 2. The lowest BCUT2D eigenvalue weighted by molar-refractivity contribution is -0.113. The van der Waals surface area contributed by atoms with Gasteiger partial charge >= 0.3 is 0 Å². The van der Waals surface area contributed by atoms with Gasteiger partial charge in [-0.1, -0.05) is 0 Å². The van der Waals surface area contributed by atoms with E-state index in [1.54, 1.807) is 0 Å². The summed E-state index contributed by atoms with van der Waals surface area (Å²) in [6.07, 6.45) is 0. The maximum Gasteiger partial charge on any atom is 0.214 e. The first kappa shape index (κ1) is 13.3. The van der Waals surface area contributed by atoms with Gasteiger partial charge in [0.25, 0.3) is 0 Å². The Morgan fingerprint density at radius 1 is 1.08 bits per heavy atom. The van der Waals surface area contributed by atoms with Gasteiger partial charge in [0, 0.05) is 11.5 Å². The Morgan fingerprint density at radius 2 is 1.38 bits per heavy atom. The Kier molecular flexibility index (Phi) is 6.88. The maximum atomic E-state index is 11.1. The van der Waals surface area contributed by atoms with Crippen molar-refractivity contribution in [1.29, 1.82) is 0 Å². The summed E-state index contributed by atoms with van der Waals surface area (Å²) >= 11 is 8.21. The fraction of sp³-hybridized carbons (Fsp3) is 0.667. The summed E-state index contributed by atoms with van der Waals surface area (Å²) in [6, 6.07) is -1.44. The van der Waals surface area contributed by atoms with Gasteiger partial charge in [-0.2, -0.15) is 25.3 Å². The van der Waals surface area contributed by atoms with Crippen molar-refractivity contribution in [2.24, 2.45) is 11.5 Å². The predicted molar refractivity (Wildman–Crippen MR) is 61.3 cm³/mol. The highest BCUT2D eigenvalue weighted by atomic mass is 32.2. The Balaban J connectivity index is 3.99. The monoisotopic (exact) mass is 240 g/mol. The topological polar surface area (TPSA) is 86.2 Å². The summed E-state index contributed by atoms with van der Waals surface area (Å²) in [5.41, 5.74) is 10.7. The van der Waals surface area contributed by atoms with Crippen molar-refractivity contribution in [2.75, 3.05) is 11.5 Å². The Morgan fingerprint density at radius 3 is 1.62 bits per heavy atom. The molecular weight excluding hydrogens is 228 g/mol. The van der Waals surface area contributed by atoms with E-state index >= 15 is 0 Å². The minimum atomic E-state index is -0.718. The van der Waals surface area contributed by atoms with Crippen LogP contribution in [0.15, 0.2) is 0 Å². The summed E-state index contributed by atoms with van der Waals surface area (Å²) in [5, 5.41) is -0.811. The van der Waals surface area contributed by atoms with Crippen molar-refractivity contribution in [3.8, 4) is 0 Å². The summed E-state index contributed by atoms with van der Waals surface area (Å²) in [4.78, 5) is 22.2. The molecule has 7 heteroatoms. The van der Waals surface area contributed by atoms with Gasteiger partial charge in [-0.15, -0.1) is 0 Å². The van der Waals surface area contributed by atoms with Crippen molar-refractivity contribution >= 4 is 47.3 Å². The Hall–Kier alpha value is 0.310. The van der Waals surface area contributed by atoms with Gasteiger partial charge < -0.3 is 11.5 Å². The average Bonchev–Trinajstić information content (AvgIpc) is 2.14. The summed E-state index contributed by atoms with van der Waals surface area (Å²) in [7, 11) is 0. The quantitative estimate of drug-likeness (QED) is 0.488. The molecule has 0 saturated heterocycles. The summed E-state index contributed by atoms with van der Waals surface area (Å²) in [5.74, 6) is 0.435. The molecule has 0 radical (unpaired) electrons. The average molecular weight is 240 g/mol. The zero-order chi connectivity index (χ0) is 10.4. The van der Waals surface area contributed by atoms with E-state index in [1.165, 1.54) is 0 Å². The van der Waals surface area contributed by atoms with Crippen molar-refractivity contribution in [3.63, 3.8) is 0 Å². The first-order valence-electron chi connectivity index (χ1n) is 3.51. The zero-order valence-electron chi connectivity index (χ0n) is 6.84. The molecule has 0 aromatic carbocycles. The van der Waals surface area contributed by atoms with E-state index in [0.717, 1.165) is 0 Å². The van der Waals surface area contributed by atoms with Crippen LogP contribution < -0.4 is 11.5 Å². The van der Waals surface area contributed by atoms with Gasteiger partial charge in [0.15, 0.2) is 0 Å². The lowest BCUT2D eigenvalue weighted by Crippen LogP contribution is -2.35. The van der Waals surface area contributed by atoms with Crippen LogP contribution in [0, 0.1) is 0 Å². The Labute approximate surface area is 92.0 Å². The SMILES string of the molecule is NC(CS)C(=O)SC(=O)C(N)CS. The fourth-order valence-electron chi connectivity index (χ4n) is 0.400. The van der Waals surface area contributed by atoms with Gasteiger partial charge in [0.1, 0.15) is 0 Å². The van der Waals surface area contributed by atoms with Crippen LogP contribution in [0.2, 0.25) is 0 Å². The van der Waals surface area contributed by atoms with Crippen LogP contribution in [-0.2, 0) is 9.59 Å². The molecule has 4 N–H and O–H groups in total. The van der Waals surface area contributed by atoms with E-state index in [2.05, 4.69) is 25.3 Å². The lowest BCUT2D eigenvalue weighted by Gasteiger charge is -2.08. The second-order valence-corrected chi connectivity index (χ2v) is 4.06. The number of rotatable bonds is 4.